The van der Waals surface area contributed by atoms with E-state index in [0.717, 1.165) is 0 Å². The second-order valence-electron chi connectivity index (χ2n) is 5.47. The van der Waals surface area contributed by atoms with Crippen molar-refractivity contribution in [3.8, 4) is 0 Å². The first kappa shape index (κ1) is 17.8. The van der Waals surface area contributed by atoms with E-state index in [4.69, 9.17) is 13.9 Å². The molecule has 0 saturated carbocycles. The molecule has 8 nitrogen and oxygen atoms in total. The number of nitrogens with one attached hydrogen (secondary N) is 2. The Labute approximate surface area is 129 Å². The first-order valence-electron chi connectivity index (χ1n) is 7.15. The fraction of sp³-hybridized carbons (Fsp3) is 0.643. The number of aromatic nitrogens is 1. The number of hydrogen-bond acceptors (Lipinski definition) is 7. The largest absolute Gasteiger partial charge is 0.461 e. The second kappa shape index (κ2) is 8.26. The highest BCUT2D eigenvalue weighted by molar-refractivity contribution is 5.87. The summed E-state index contributed by atoms with van der Waals surface area (Å²) >= 11 is 0. The fourth-order valence-electron chi connectivity index (χ4n) is 1.44. The van der Waals surface area contributed by atoms with E-state index in [-0.39, 0.29) is 18.3 Å². The standard InChI is InChI=1S/C14H23N3O5/c1-5-20-11(18)10-9-21-12(17-10)15-7-6-8-16-13(19)22-14(2,3)4/h9H,5-8H2,1-4H3,(H,15,17)(H,16,19). The van der Waals surface area contributed by atoms with Crippen LogP contribution >= 0.6 is 0 Å². The van der Waals surface area contributed by atoms with Crippen LogP contribution < -0.4 is 10.6 Å². The van der Waals surface area contributed by atoms with Gasteiger partial charge in [0.1, 0.15) is 11.9 Å². The molecule has 0 saturated heterocycles. The van der Waals surface area contributed by atoms with Crippen LogP contribution in [0.1, 0.15) is 44.6 Å². The number of hydrogen-bond donors (Lipinski definition) is 2. The van der Waals surface area contributed by atoms with Gasteiger partial charge in [-0.05, 0) is 34.1 Å². The van der Waals surface area contributed by atoms with Crippen molar-refractivity contribution in [2.75, 3.05) is 25.0 Å². The molecule has 0 aliphatic carbocycles. The van der Waals surface area contributed by atoms with Crippen molar-refractivity contribution < 1.29 is 23.5 Å². The van der Waals surface area contributed by atoms with Gasteiger partial charge in [0, 0.05) is 13.1 Å². The van der Waals surface area contributed by atoms with Gasteiger partial charge in [-0.2, -0.15) is 4.98 Å². The van der Waals surface area contributed by atoms with E-state index in [2.05, 4.69) is 15.6 Å². The Morgan fingerprint density at radius 1 is 1.32 bits per heavy atom. The van der Waals surface area contributed by atoms with Gasteiger partial charge in [-0.25, -0.2) is 9.59 Å². The molecule has 0 spiro atoms. The highest BCUT2D eigenvalue weighted by Gasteiger charge is 2.15. The maximum atomic E-state index is 11.4. The van der Waals surface area contributed by atoms with E-state index in [1.165, 1.54) is 6.26 Å². The first-order valence-corrected chi connectivity index (χ1v) is 7.15. The Bertz CT molecular complexity index is 493. The van der Waals surface area contributed by atoms with Crippen LogP contribution in [0.15, 0.2) is 10.7 Å². The minimum absolute atomic E-state index is 0.122. The van der Waals surface area contributed by atoms with Crippen LogP contribution in [-0.4, -0.2) is 42.3 Å². The average Bonchev–Trinajstić information content (AvgIpc) is 2.85. The summed E-state index contributed by atoms with van der Waals surface area (Å²) in [7, 11) is 0. The van der Waals surface area contributed by atoms with Crippen LogP contribution in [0.3, 0.4) is 0 Å². The molecule has 2 N–H and O–H groups in total. The molecule has 22 heavy (non-hydrogen) atoms. The monoisotopic (exact) mass is 313 g/mol. The highest BCUT2D eigenvalue weighted by atomic mass is 16.6. The molecule has 0 radical (unpaired) electrons. The van der Waals surface area contributed by atoms with Crippen molar-refractivity contribution in [3.05, 3.63) is 12.0 Å². The zero-order valence-corrected chi connectivity index (χ0v) is 13.4. The lowest BCUT2D eigenvalue weighted by Gasteiger charge is -2.19. The molecule has 0 bridgehead atoms. The molecule has 0 aromatic carbocycles. The van der Waals surface area contributed by atoms with Gasteiger partial charge >= 0.3 is 12.1 Å². The molecule has 0 aliphatic heterocycles. The number of oxazole rings is 1. The topological polar surface area (TPSA) is 103 Å². The zero-order valence-electron chi connectivity index (χ0n) is 13.4. The molecule has 0 unspecified atom stereocenters. The maximum Gasteiger partial charge on any atom is 0.407 e. The summed E-state index contributed by atoms with van der Waals surface area (Å²) in [6.07, 6.45) is 1.43. The fourth-order valence-corrected chi connectivity index (χ4v) is 1.44. The number of amides is 1. The molecule has 1 heterocycles. The summed E-state index contributed by atoms with van der Waals surface area (Å²) in [5.74, 6) is -0.522. The van der Waals surface area contributed by atoms with E-state index >= 15 is 0 Å². The molecule has 1 amide bonds. The number of ether oxygens (including phenoxy) is 2. The van der Waals surface area contributed by atoms with Crippen LogP contribution in [0.5, 0.6) is 0 Å². The number of esters is 1. The van der Waals surface area contributed by atoms with E-state index in [1.54, 1.807) is 27.7 Å². The predicted molar refractivity (Wildman–Crippen MR) is 79.8 cm³/mol. The molecular formula is C14H23N3O5. The van der Waals surface area contributed by atoms with Crippen molar-refractivity contribution in [1.82, 2.24) is 10.3 Å². The normalized spacial score (nSPS) is 10.9. The first-order chi connectivity index (χ1) is 10.3. The Hall–Kier alpha value is -2.25. The van der Waals surface area contributed by atoms with Crippen molar-refractivity contribution in [1.29, 1.82) is 0 Å². The summed E-state index contributed by atoms with van der Waals surface area (Å²) in [6.45, 7) is 8.39. The lowest BCUT2D eigenvalue weighted by Crippen LogP contribution is -2.33. The lowest BCUT2D eigenvalue weighted by atomic mass is 10.2. The van der Waals surface area contributed by atoms with Gasteiger partial charge in [0.2, 0.25) is 0 Å². The van der Waals surface area contributed by atoms with Gasteiger partial charge in [0.25, 0.3) is 6.01 Å². The molecule has 8 heteroatoms. The number of carbonyl (C=O) groups excluding carboxylic acids is 2. The molecule has 0 atom stereocenters. The van der Waals surface area contributed by atoms with E-state index < -0.39 is 17.7 Å². The summed E-state index contributed by atoms with van der Waals surface area (Å²) in [5, 5.41) is 5.55. The Morgan fingerprint density at radius 3 is 2.68 bits per heavy atom. The van der Waals surface area contributed by atoms with Crippen molar-refractivity contribution in [2.45, 2.75) is 39.7 Å². The van der Waals surface area contributed by atoms with Crippen LogP contribution in [0.25, 0.3) is 0 Å². The third-order valence-corrected chi connectivity index (χ3v) is 2.29. The summed E-state index contributed by atoms with van der Waals surface area (Å²) in [5.41, 5.74) is -0.388. The van der Waals surface area contributed by atoms with Gasteiger partial charge < -0.3 is 24.5 Å². The van der Waals surface area contributed by atoms with Crippen LogP contribution in [0.2, 0.25) is 0 Å². The van der Waals surface area contributed by atoms with Crippen molar-refractivity contribution in [2.24, 2.45) is 0 Å². The quantitative estimate of drug-likeness (QED) is 0.587. The Morgan fingerprint density at radius 2 is 2.05 bits per heavy atom. The van der Waals surface area contributed by atoms with Crippen molar-refractivity contribution in [3.63, 3.8) is 0 Å². The predicted octanol–water partition coefficient (Wildman–Crippen LogP) is 2.18. The average molecular weight is 313 g/mol. The van der Waals surface area contributed by atoms with Crippen LogP contribution in [0.4, 0.5) is 10.8 Å². The van der Waals surface area contributed by atoms with Crippen molar-refractivity contribution >= 4 is 18.1 Å². The lowest BCUT2D eigenvalue weighted by molar-refractivity contribution is 0.0512. The van der Waals surface area contributed by atoms with Gasteiger partial charge in [0.05, 0.1) is 6.61 Å². The minimum atomic E-state index is -0.522. The molecule has 124 valence electrons. The second-order valence-corrected chi connectivity index (χ2v) is 5.47. The molecule has 1 rings (SSSR count). The highest BCUT2D eigenvalue weighted by Crippen LogP contribution is 2.08. The maximum absolute atomic E-state index is 11.4. The number of rotatable bonds is 7. The van der Waals surface area contributed by atoms with E-state index in [1.807, 2.05) is 0 Å². The van der Waals surface area contributed by atoms with Gasteiger partial charge in [-0.15, -0.1) is 0 Å². The van der Waals surface area contributed by atoms with Gasteiger partial charge in [-0.1, -0.05) is 0 Å². The Kier molecular flexibility index (Phi) is 6.68. The zero-order chi connectivity index (χ0) is 16.6. The van der Waals surface area contributed by atoms with Crippen LogP contribution in [-0.2, 0) is 9.47 Å². The summed E-state index contributed by atoms with van der Waals surface area (Å²) in [4.78, 5) is 26.7. The number of carbonyl (C=O) groups is 2. The minimum Gasteiger partial charge on any atom is -0.461 e. The molecular weight excluding hydrogens is 290 g/mol. The smallest absolute Gasteiger partial charge is 0.407 e. The summed E-state index contributed by atoms with van der Waals surface area (Å²) in [6, 6.07) is 0.236. The molecule has 0 aliphatic rings. The summed E-state index contributed by atoms with van der Waals surface area (Å²) < 4.78 is 15.0. The molecule has 0 fully saturated rings. The molecule has 1 aromatic rings. The van der Waals surface area contributed by atoms with E-state index in [0.29, 0.717) is 19.5 Å². The third-order valence-electron chi connectivity index (χ3n) is 2.29. The molecule has 1 aromatic heterocycles. The number of anilines is 1. The SMILES string of the molecule is CCOC(=O)c1coc(NCCCNC(=O)OC(C)(C)C)n1. The number of alkyl carbamates (subject to hydrolysis) is 1. The van der Waals surface area contributed by atoms with Gasteiger partial charge in [-0.3, -0.25) is 0 Å². The van der Waals surface area contributed by atoms with E-state index in [9.17, 15) is 9.59 Å². The van der Waals surface area contributed by atoms with Gasteiger partial charge in [0.15, 0.2) is 5.69 Å². The van der Waals surface area contributed by atoms with Crippen LogP contribution in [0, 0.1) is 0 Å². The third kappa shape index (κ3) is 6.96. The Balaban J connectivity index is 2.20. The number of nitrogens with zero attached hydrogens (tertiary/aromatic N) is 1.